The highest BCUT2D eigenvalue weighted by atomic mass is 16.6. The first kappa shape index (κ1) is 15.6. The maximum atomic E-state index is 5.77. The predicted molar refractivity (Wildman–Crippen MR) is 102 cm³/mol. The first-order chi connectivity index (χ1) is 12.9. The zero-order valence-corrected chi connectivity index (χ0v) is 14.7. The molecule has 0 N–H and O–H groups in total. The molecule has 2 aliphatic rings. The standard InChI is InChI=1S/C22H22N2O2/c1-3-17-13-16(5-7-19(17)23-9-1)15-24-10-2-4-20(24)18-6-8-21-22(14-18)26-12-11-25-21/h1,3,5-9,13-14,20H,2,4,10-12,15H2. The van der Waals surface area contributed by atoms with Crippen molar-refractivity contribution in [2.45, 2.75) is 25.4 Å². The van der Waals surface area contributed by atoms with Crippen LogP contribution in [0.1, 0.15) is 30.0 Å². The summed E-state index contributed by atoms with van der Waals surface area (Å²) in [7, 11) is 0. The monoisotopic (exact) mass is 346 g/mol. The van der Waals surface area contributed by atoms with Crippen LogP contribution in [0, 0.1) is 0 Å². The van der Waals surface area contributed by atoms with Gasteiger partial charge in [0.15, 0.2) is 11.5 Å². The van der Waals surface area contributed by atoms with Crippen molar-refractivity contribution < 1.29 is 9.47 Å². The number of benzene rings is 2. The number of hydrogen-bond acceptors (Lipinski definition) is 4. The third-order valence-corrected chi connectivity index (χ3v) is 5.37. The van der Waals surface area contributed by atoms with E-state index in [1.54, 1.807) is 0 Å². The minimum atomic E-state index is 0.440. The SMILES string of the molecule is c1cnc2ccc(CN3CCCC3c3ccc4c(c3)OCCO4)cc2c1. The molecule has 2 aliphatic heterocycles. The van der Waals surface area contributed by atoms with Crippen LogP contribution in [0.2, 0.25) is 0 Å². The van der Waals surface area contributed by atoms with Crippen molar-refractivity contribution in [2.75, 3.05) is 19.8 Å². The summed E-state index contributed by atoms with van der Waals surface area (Å²) in [5, 5.41) is 1.21. The summed E-state index contributed by atoms with van der Waals surface area (Å²) in [6, 6.07) is 17.6. The van der Waals surface area contributed by atoms with Gasteiger partial charge < -0.3 is 9.47 Å². The van der Waals surface area contributed by atoms with Crippen molar-refractivity contribution in [1.29, 1.82) is 0 Å². The molecule has 5 rings (SSSR count). The molecule has 1 atom stereocenters. The van der Waals surface area contributed by atoms with E-state index in [1.165, 1.54) is 29.4 Å². The van der Waals surface area contributed by atoms with E-state index in [0.29, 0.717) is 19.3 Å². The first-order valence-electron chi connectivity index (χ1n) is 9.34. The second-order valence-electron chi connectivity index (χ2n) is 7.06. The van der Waals surface area contributed by atoms with Crippen molar-refractivity contribution in [2.24, 2.45) is 0 Å². The van der Waals surface area contributed by atoms with E-state index in [0.717, 1.165) is 30.1 Å². The number of rotatable bonds is 3. The second kappa shape index (κ2) is 6.61. The van der Waals surface area contributed by atoms with Gasteiger partial charge in [-0.2, -0.15) is 0 Å². The fourth-order valence-corrected chi connectivity index (χ4v) is 4.12. The fraction of sp³-hybridized carbons (Fsp3) is 0.318. The molecule has 1 fully saturated rings. The summed E-state index contributed by atoms with van der Waals surface area (Å²) >= 11 is 0. The lowest BCUT2D eigenvalue weighted by Crippen LogP contribution is -2.23. The maximum Gasteiger partial charge on any atom is 0.161 e. The number of ether oxygens (including phenoxy) is 2. The van der Waals surface area contributed by atoms with E-state index >= 15 is 0 Å². The van der Waals surface area contributed by atoms with Crippen LogP contribution in [0.25, 0.3) is 10.9 Å². The summed E-state index contributed by atoms with van der Waals surface area (Å²) < 4.78 is 11.4. The van der Waals surface area contributed by atoms with Gasteiger partial charge in [-0.3, -0.25) is 9.88 Å². The lowest BCUT2D eigenvalue weighted by molar-refractivity contribution is 0.170. The van der Waals surface area contributed by atoms with Gasteiger partial charge >= 0.3 is 0 Å². The highest BCUT2D eigenvalue weighted by molar-refractivity contribution is 5.78. The van der Waals surface area contributed by atoms with Crippen LogP contribution in [0.5, 0.6) is 11.5 Å². The normalized spacial score (nSPS) is 19.8. The maximum absolute atomic E-state index is 5.77. The Morgan fingerprint density at radius 3 is 2.88 bits per heavy atom. The summed E-state index contributed by atoms with van der Waals surface area (Å²) in [5.74, 6) is 1.75. The molecule has 0 aliphatic carbocycles. The molecule has 4 heteroatoms. The van der Waals surface area contributed by atoms with Gasteiger partial charge in [0.2, 0.25) is 0 Å². The van der Waals surface area contributed by atoms with E-state index in [2.05, 4.69) is 52.3 Å². The number of fused-ring (bicyclic) bond motifs is 2. The molecule has 0 spiro atoms. The molecule has 3 aromatic rings. The molecule has 26 heavy (non-hydrogen) atoms. The van der Waals surface area contributed by atoms with Crippen LogP contribution in [-0.2, 0) is 6.54 Å². The second-order valence-corrected chi connectivity index (χ2v) is 7.06. The lowest BCUT2D eigenvalue weighted by Gasteiger charge is -2.26. The minimum absolute atomic E-state index is 0.440. The van der Waals surface area contributed by atoms with Crippen molar-refractivity contribution in [3.8, 4) is 11.5 Å². The van der Waals surface area contributed by atoms with Gasteiger partial charge in [0.05, 0.1) is 5.52 Å². The van der Waals surface area contributed by atoms with Crippen molar-refractivity contribution in [3.63, 3.8) is 0 Å². The molecular formula is C22H22N2O2. The molecule has 4 nitrogen and oxygen atoms in total. The third kappa shape index (κ3) is 2.90. The topological polar surface area (TPSA) is 34.6 Å². The van der Waals surface area contributed by atoms with E-state index in [1.807, 2.05) is 12.3 Å². The summed E-state index contributed by atoms with van der Waals surface area (Å²) in [4.78, 5) is 6.99. The predicted octanol–water partition coefficient (Wildman–Crippen LogP) is 4.34. The number of nitrogens with zero attached hydrogens (tertiary/aromatic N) is 2. The summed E-state index contributed by atoms with van der Waals surface area (Å²) in [6.07, 6.45) is 4.27. The Kier molecular flexibility index (Phi) is 3.98. The quantitative estimate of drug-likeness (QED) is 0.706. The van der Waals surface area contributed by atoms with E-state index in [4.69, 9.17) is 9.47 Å². The van der Waals surface area contributed by atoms with Crippen LogP contribution in [-0.4, -0.2) is 29.6 Å². The molecule has 3 heterocycles. The molecule has 1 aromatic heterocycles. The largest absolute Gasteiger partial charge is 0.486 e. The Bertz CT molecular complexity index is 940. The Morgan fingerprint density at radius 1 is 1.00 bits per heavy atom. The third-order valence-electron chi connectivity index (χ3n) is 5.37. The van der Waals surface area contributed by atoms with Crippen molar-refractivity contribution in [3.05, 3.63) is 65.9 Å². The van der Waals surface area contributed by atoms with Crippen LogP contribution in [0.4, 0.5) is 0 Å². The average molecular weight is 346 g/mol. The van der Waals surface area contributed by atoms with Crippen LogP contribution >= 0.6 is 0 Å². The minimum Gasteiger partial charge on any atom is -0.486 e. The van der Waals surface area contributed by atoms with E-state index in [9.17, 15) is 0 Å². The molecule has 1 unspecified atom stereocenters. The Morgan fingerprint density at radius 2 is 1.92 bits per heavy atom. The van der Waals surface area contributed by atoms with Crippen LogP contribution < -0.4 is 9.47 Å². The van der Waals surface area contributed by atoms with Crippen LogP contribution in [0.15, 0.2) is 54.7 Å². The van der Waals surface area contributed by atoms with E-state index in [-0.39, 0.29) is 0 Å². The summed E-state index contributed by atoms with van der Waals surface area (Å²) in [5.41, 5.74) is 3.73. The molecule has 0 radical (unpaired) electrons. The zero-order chi connectivity index (χ0) is 17.3. The van der Waals surface area contributed by atoms with Gasteiger partial charge in [-0.1, -0.05) is 18.2 Å². The molecule has 2 aromatic carbocycles. The lowest BCUT2D eigenvalue weighted by atomic mass is 10.0. The Hall–Kier alpha value is -2.59. The van der Waals surface area contributed by atoms with Crippen LogP contribution in [0.3, 0.4) is 0 Å². The van der Waals surface area contributed by atoms with Gasteiger partial charge in [-0.25, -0.2) is 0 Å². The number of hydrogen-bond donors (Lipinski definition) is 0. The van der Waals surface area contributed by atoms with E-state index < -0.39 is 0 Å². The average Bonchev–Trinajstić information content (AvgIpc) is 3.15. The smallest absolute Gasteiger partial charge is 0.161 e. The fourth-order valence-electron chi connectivity index (χ4n) is 4.12. The highest BCUT2D eigenvalue weighted by Gasteiger charge is 2.27. The van der Waals surface area contributed by atoms with Gasteiger partial charge in [-0.05, 0) is 60.8 Å². The molecule has 0 amide bonds. The Balaban J connectivity index is 1.39. The summed E-state index contributed by atoms with van der Waals surface area (Å²) in [6.45, 7) is 3.36. The number of likely N-dealkylation sites (tertiary alicyclic amines) is 1. The van der Waals surface area contributed by atoms with Crippen molar-refractivity contribution in [1.82, 2.24) is 9.88 Å². The van der Waals surface area contributed by atoms with Crippen molar-refractivity contribution >= 4 is 10.9 Å². The molecule has 132 valence electrons. The molecule has 0 saturated carbocycles. The van der Waals surface area contributed by atoms with Gasteiger partial charge in [-0.15, -0.1) is 0 Å². The molecule has 1 saturated heterocycles. The van der Waals surface area contributed by atoms with Gasteiger partial charge in [0.1, 0.15) is 13.2 Å². The zero-order valence-electron chi connectivity index (χ0n) is 14.7. The molecular weight excluding hydrogens is 324 g/mol. The number of aromatic nitrogens is 1. The number of pyridine rings is 1. The molecule has 0 bridgehead atoms. The Labute approximate surface area is 153 Å². The van der Waals surface area contributed by atoms with Gasteiger partial charge in [0, 0.05) is 24.2 Å². The highest BCUT2D eigenvalue weighted by Crippen LogP contribution is 2.38. The first-order valence-corrected chi connectivity index (χ1v) is 9.34. The van der Waals surface area contributed by atoms with Gasteiger partial charge in [0.25, 0.3) is 0 Å².